The van der Waals surface area contributed by atoms with Crippen LogP contribution in [0.25, 0.3) is 11.5 Å². The van der Waals surface area contributed by atoms with Crippen LogP contribution >= 0.6 is 11.3 Å². The number of hydrogen-bond donors (Lipinski definition) is 2. The van der Waals surface area contributed by atoms with Gasteiger partial charge in [-0.3, -0.25) is 9.59 Å². The predicted octanol–water partition coefficient (Wildman–Crippen LogP) is 1.84. The molecule has 0 bridgehead atoms. The summed E-state index contributed by atoms with van der Waals surface area (Å²) in [5.41, 5.74) is 1.38. The largest absolute Gasteiger partial charge is 0.480 e. The van der Waals surface area contributed by atoms with Gasteiger partial charge in [0.05, 0.1) is 12.1 Å². The van der Waals surface area contributed by atoms with Gasteiger partial charge < -0.3 is 14.8 Å². The zero-order valence-electron chi connectivity index (χ0n) is 11.0. The molecule has 0 saturated heterocycles. The minimum absolute atomic E-state index is 0.00289. The van der Waals surface area contributed by atoms with Gasteiger partial charge in [-0.15, -0.1) is 0 Å². The Morgan fingerprint density at radius 2 is 2.30 bits per heavy atom. The molecule has 0 radical (unpaired) electrons. The summed E-state index contributed by atoms with van der Waals surface area (Å²) in [6.45, 7) is 3.14. The standard InChI is InChI=1S/C13H14N2O4S/c1-7(13(17)18)14-11(16)5-10-8(2)19-12(15-10)9-3-4-20-6-9/h3-4,6-7H,5H2,1-2H3,(H,14,16)(H,17,18)/t7-/m1/s1. The number of aromatic nitrogens is 1. The molecule has 0 fully saturated rings. The van der Waals surface area contributed by atoms with E-state index in [0.29, 0.717) is 17.3 Å². The van der Waals surface area contributed by atoms with Crippen molar-refractivity contribution in [2.45, 2.75) is 26.3 Å². The summed E-state index contributed by atoms with van der Waals surface area (Å²) in [5, 5.41) is 14.9. The number of nitrogens with zero attached hydrogens (tertiary/aromatic N) is 1. The number of carbonyl (C=O) groups excluding carboxylic acids is 1. The van der Waals surface area contributed by atoms with Crippen LogP contribution in [0, 0.1) is 6.92 Å². The van der Waals surface area contributed by atoms with Crippen LogP contribution in [0.5, 0.6) is 0 Å². The van der Waals surface area contributed by atoms with Gasteiger partial charge >= 0.3 is 5.97 Å². The van der Waals surface area contributed by atoms with Crippen molar-refractivity contribution < 1.29 is 19.1 Å². The third kappa shape index (κ3) is 3.24. The topological polar surface area (TPSA) is 92.4 Å². The van der Waals surface area contributed by atoms with Gasteiger partial charge in [0, 0.05) is 10.9 Å². The number of oxazole rings is 1. The Labute approximate surface area is 119 Å². The molecule has 20 heavy (non-hydrogen) atoms. The molecule has 2 aromatic heterocycles. The number of carbonyl (C=O) groups is 2. The van der Waals surface area contributed by atoms with Crippen molar-refractivity contribution in [3.8, 4) is 11.5 Å². The Morgan fingerprint density at radius 3 is 2.90 bits per heavy atom. The van der Waals surface area contributed by atoms with E-state index in [1.54, 1.807) is 6.92 Å². The van der Waals surface area contributed by atoms with Crippen molar-refractivity contribution >= 4 is 23.2 Å². The molecule has 6 nitrogen and oxygen atoms in total. The molecular weight excluding hydrogens is 280 g/mol. The van der Waals surface area contributed by atoms with E-state index in [-0.39, 0.29) is 6.42 Å². The van der Waals surface area contributed by atoms with Crippen molar-refractivity contribution in [1.82, 2.24) is 10.3 Å². The Balaban J connectivity index is 2.07. The van der Waals surface area contributed by atoms with Gasteiger partial charge in [-0.05, 0) is 25.3 Å². The van der Waals surface area contributed by atoms with Crippen LogP contribution in [0.4, 0.5) is 0 Å². The molecule has 2 heterocycles. The van der Waals surface area contributed by atoms with Crippen molar-refractivity contribution in [2.24, 2.45) is 0 Å². The lowest BCUT2D eigenvalue weighted by molar-refractivity contribution is -0.141. The average Bonchev–Trinajstić information content (AvgIpc) is 2.99. The lowest BCUT2D eigenvalue weighted by Crippen LogP contribution is -2.39. The fraction of sp³-hybridized carbons (Fsp3) is 0.308. The maximum atomic E-state index is 11.7. The molecular formula is C13H14N2O4S. The Bertz CT molecular complexity index is 618. The van der Waals surface area contributed by atoms with Crippen molar-refractivity contribution in [2.75, 3.05) is 0 Å². The minimum atomic E-state index is -1.07. The van der Waals surface area contributed by atoms with E-state index in [2.05, 4.69) is 10.3 Å². The quantitative estimate of drug-likeness (QED) is 0.877. The molecule has 2 aromatic rings. The monoisotopic (exact) mass is 294 g/mol. The number of aliphatic carboxylic acids is 1. The van der Waals surface area contributed by atoms with E-state index >= 15 is 0 Å². The summed E-state index contributed by atoms with van der Waals surface area (Å²) >= 11 is 1.53. The Morgan fingerprint density at radius 1 is 1.55 bits per heavy atom. The normalized spacial score (nSPS) is 12.1. The molecule has 0 saturated carbocycles. The lowest BCUT2D eigenvalue weighted by atomic mass is 10.2. The van der Waals surface area contributed by atoms with Gasteiger partial charge in [-0.1, -0.05) is 0 Å². The van der Waals surface area contributed by atoms with Gasteiger partial charge in [0.2, 0.25) is 11.8 Å². The highest BCUT2D eigenvalue weighted by atomic mass is 32.1. The molecule has 2 rings (SSSR count). The number of carboxylic acid groups (broad SMARTS) is 1. The van der Waals surface area contributed by atoms with E-state index in [1.165, 1.54) is 18.3 Å². The second-order valence-electron chi connectivity index (χ2n) is 4.34. The van der Waals surface area contributed by atoms with E-state index in [4.69, 9.17) is 9.52 Å². The van der Waals surface area contributed by atoms with Crippen LogP contribution in [0.3, 0.4) is 0 Å². The number of thiophene rings is 1. The summed E-state index contributed by atoms with van der Waals surface area (Å²) in [7, 11) is 0. The van der Waals surface area contributed by atoms with Crippen molar-refractivity contribution in [3.05, 3.63) is 28.3 Å². The molecule has 0 aliphatic rings. The fourth-order valence-corrected chi connectivity index (χ4v) is 2.24. The molecule has 0 aliphatic heterocycles. The minimum Gasteiger partial charge on any atom is -0.480 e. The SMILES string of the molecule is Cc1oc(-c2ccsc2)nc1CC(=O)N[C@H](C)C(=O)O. The summed E-state index contributed by atoms with van der Waals surface area (Å²) in [6, 6.07) is 0.956. The second kappa shape index (κ2) is 5.87. The van der Waals surface area contributed by atoms with E-state index in [0.717, 1.165) is 5.56 Å². The first kappa shape index (κ1) is 14.3. The zero-order chi connectivity index (χ0) is 14.7. The summed E-state index contributed by atoms with van der Waals surface area (Å²) in [4.78, 5) is 26.7. The van der Waals surface area contributed by atoms with Gasteiger partial charge in [0.15, 0.2) is 0 Å². The molecule has 7 heteroatoms. The number of rotatable bonds is 5. The lowest BCUT2D eigenvalue weighted by Gasteiger charge is -2.07. The highest BCUT2D eigenvalue weighted by Gasteiger charge is 2.18. The van der Waals surface area contributed by atoms with Gasteiger partial charge in [0.1, 0.15) is 11.8 Å². The first-order valence-electron chi connectivity index (χ1n) is 5.98. The Hall–Kier alpha value is -2.15. The summed E-state index contributed by atoms with van der Waals surface area (Å²) < 4.78 is 5.51. The van der Waals surface area contributed by atoms with Crippen LogP contribution in [0.1, 0.15) is 18.4 Å². The van der Waals surface area contributed by atoms with Crippen LogP contribution in [0.15, 0.2) is 21.2 Å². The average molecular weight is 294 g/mol. The third-order valence-corrected chi connectivity index (χ3v) is 3.42. The van der Waals surface area contributed by atoms with Crippen molar-refractivity contribution in [1.29, 1.82) is 0 Å². The van der Waals surface area contributed by atoms with Crippen LogP contribution in [-0.4, -0.2) is 28.0 Å². The third-order valence-electron chi connectivity index (χ3n) is 2.74. The first-order chi connectivity index (χ1) is 9.47. The number of amides is 1. The second-order valence-corrected chi connectivity index (χ2v) is 5.12. The van der Waals surface area contributed by atoms with E-state index < -0.39 is 17.9 Å². The molecule has 0 aliphatic carbocycles. The number of nitrogens with one attached hydrogen (secondary N) is 1. The summed E-state index contributed by atoms with van der Waals surface area (Å²) in [6.07, 6.45) is -0.00289. The molecule has 0 aromatic carbocycles. The van der Waals surface area contributed by atoms with E-state index in [9.17, 15) is 9.59 Å². The highest BCUT2D eigenvalue weighted by molar-refractivity contribution is 7.08. The molecule has 106 valence electrons. The van der Waals surface area contributed by atoms with E-state index in [1.807, 2.05) is 16.8 Å². The van der Waals surface area contributed by atoms with Gasteiger partial charge in [0.25, 0.3) is 0 Å². The molecule has 0 unspecified atom stereocenters. The number of carboxylic acids is 1. The maximum absolute atomic E-state index is 11.7. The predicted molar refractivity (Wildman–Crippen MR) is 73.5 cm³/mol. The molecule has 2 N–H and O–H groups in total. The fourth-order valence-electron chi connectivity index (χ4n) is 1.61. The van der Waals surface area contributed by atoms with Crippen molar-refractivity contribution in [3.63, 3.8) is 0 Å². The van der Waals surface area contributed by atoms with Crippen LogP contribution in [0.2, 0.25) is 0 Å². The first-order valence-corrected chi connectivity index (χ1v) is 6.92. The molecule has 1 amide bonds. The zero-order valence-corrected chi connectivity index (χ0v) is 11.9. The van der Waals surface area contributed by atoms with Gasteiger partial charge in [-0.2, -0.15) is 11.3 Å². The maximum Gasteiger partial charge on any atom is 0.325 e. The molecule has 1 atom stereocenters. The number of hydrogen-bond acceptors (Lipinski definition) is 5. The van der Waals surface area contributed by atoms with Crippen LogP contribution in [-0.2, 0) is 16.0 Å². The molecule has 0 spiro atoms. The smallest absolute Gasteiger partial charge is 0.325 e. The Kier molecular flexibility index (Phi) is 4.19. The van der Waals surface area contributed by atoms with Gasteiger partial charge in [-0.25, -0.2) is 4.98 Å². The highest BCUT2D eigenvalue weighted by Crippen LogP contribution is 2.23. The van der Waals surface area contributed by atoms with Crippen LogP contribution < -0.4 is 5.32 Å². The summed E-state index contributed by atoms with van der Waals surface area (Å²) in [5.74, 6) is -0.440. The number of aryl methyl sites for hydroxylation is 1.